The van der Waals surface area contributed by atoms with Crippen molar-refractivity contribution in [3.05, 3.63) is 0 Å². The molecule has 0 amide bonds. The molecule has 1 fully saturated rings. The van der Waals surface area contributed by atoms with E-state index in [1.165, 1.54) is 0 Å². The van der Waals surface area contributed by atoms with Crippen LogP contribution in [0.3, 0.4) is 0 Å². The lowest BCUT2D eigenvalue weighted by Gasteiger charge is -2.36. The number of likely N-dealkylation sites (tertiary alicyclic amines) is 1. The van der Waals surface area contributed by atoms with Gasteiger partial charge >= 0.3 is 0 Å². The van der Waals surface area contributed by atoms with Crippen molar-refractivity contribution >= 4 is 0 Å². The van der Waals surface area contributed by atoms with Crippen LogP contribution < -0.4 is 0 Å². The summed E-state index contributed by atoms with van der Waals surface area (Å²) >= 11 is 0. The van der Waals surface area contributed by atoms with Gasteiger partial charge in [-0.05, 0) is 32.2 Å². The molecule has 1 atom stereocenters. The normalized spacial score (nSPS) is 28.6. The molecule has 3 nitrogen and oxygen atoms in total. The van der Waals surface area contributed by atoms with E-state index in [0.29, 0.717) is 5.92 Å². The first-order valence-corrected chi connectivity index (χ1v) is 6.02. The molecule has 1 rings (SSSR count). The van der Waals surface area contributed by atoms with Gasteiger partial charge in [-0.3, -0.25) is 4.90 Å². The molecule has 0 bridgehead atoms. The Morgan fingerprint density at radius 1 is 1.47 bits per heavy atom. The zero-order valence-electron chi connectivity index (χ0n) is 10.3. The Bertz CT molecular complexity index is 180. The Kier molecular flexibility index (Phi) is 5.03. The molecule has 0 aromatic rings. The molecule has 0 radical (unpaired) electrons. The Morgan fingerprint density at radius 3 is 2.80 bits per heavy atom. The van der Waals surface area contributed by atoms with Crippen molar-refractivity contribution < 1.29 is 9.84 Å². The molecule has 1 aliphatic heterocycles. The van der Waals surface area contributed by atoms with Crippen molar-refractivity contribution in [3.63, 3.8) is 0 Å². The number of piperidine rings is 1. The molecule has 1 heterocycles. The standard InChI is InChI=1S/C12H25NO2/c1-11(2)9-15-8-7-13-6-4-5-12(3,14)10-13/h11,14H,4-10H2,1-3H3. The van der Waals surface area contributed by atoms with Crippen molar-refractivity contribution in [2.75, 3.05) is 32.8 Å². The number of hydrogen-bond acceptors (Lipinski definition) is 3. The van der Waals surface area contributed by atoms with Gasteiger partial charge in [0.15, 0.2) is 0 Å². The predicted molar refractivity (Wildman–Crippen MR) is 62.0 cm³/mol. The van der Waals surface area contributed by atoms with E-state index in [1.807, 2.05) is 6.92 Å². The van der Waals surface area contributed by atoms with Gasteiger partial charge in [0.25, 0.3) is 0 Å². The molecule has 1 saturated heterocycles. The van der Waals surface area contributed by atoms with Crippen LogP contribution in [0.2, 0.25) is 0 Å². The van der Waals surface area contributed by atoms with E-state index < -0.39 is 5.60 Å². The van der Waals surface area contributed by atoms with E-state index >= 15 is 0 Å². The second kappa shape index (κ2) is 5.83. The van der Waals surface area contributed by atoms with Gasteiger partial charge in [0, 0.05) is 19.7 Å². The van der Waals surface area contributed by atoms with Crippen molar-refractivity contribution in [3.8, 4) is 0 Å². The summed E-state index contributed by atoms with van der Waals surface area (Å²) in [4.78, 5) is 2.30. The number of β-amino-alcohol motifs (C(OH)–C–C–N with tert-alkyl or cyclic N) is 1. The quantitative estimate of drug-likeness (QED) is 0.706. The average Bonchev–Trinajstić information content (AvgIpc) is 2.10. The molecule has 0 saturated carbocycles. The van der Waals surface area contributed by atoms with Crippen LogP contribution in [0.25, 0.3) is 0 Å². The molecule has 0 aromatic heterocycles. The van der Waals surface area contributed by atoms with Crippen LogP contribution in [0.1, 0.15) is 33.6 Å². The second-order valence-corrected chi connectivity index (χ2v) is 5.35. The van der Waals surface area contributed by atoms with Gasteiger partial charge in [-0.15, -0.1) is 0 Å². The number of hydrogen-bond donors (Lipinski definition) is 1. The third-order valence-electron chi connectivity index (χ3n) is 2.76. The molecular weight excluding hydrogens is 190 g/mol. The van der Waals surface area contributed by atoms with Crippen LogP contribution in [-0.4, -0.2) is 48.5 Å². The van der Waals surface area contributed by atoms with Crippen molar-refractivity contribution in [1.29, 1.82) is 0 Å². The van der Waals surface area contributed by atoms with E-state index in [-0.39, 0.29) is 0 Å². The van der Waals surface area contributed by atoms with E-state index in [0.717, 1.165) is 45.7 Å². The van der Waals surface area contributed by atoms with Crippen LogP contribution in [0.15, 0.2) is 0 Å². The molecule has 0 spiro atoms. The Hall–Kier alpha value is -0.120. The highest BCUT2D eigenvalue weighted by atomic mass is 16.5. The summed E-state index contributed by atoms with van der Waals surface area (Å²) in [5.74, 6) is 0.606. The Labute approximate surface area is 93.4 Å². The SMILES string of the molecule is CC(C)COCCN1CCCC(C)(O)C1. The minimum atomic E-state index is -0.490. The average molecular weight is 215 g/mol. The summed E-state index contributed by atoms with van der Waals surface area (Å²) in [5.41, 5.74) is -0.490. The first-order valence-electron chi connectivity index (χ1n) is 6.02. The van der Waals surface area contributed by atoms with Crippen LogP contribution >= 0.6 is 0 Å². The van der Waals surface area contributed by atoms with Gasteiger partial charge in [-0.2, -0.15) is 0 Å². The molecule has 1 aliphatic rings. The zero-order chi connectivity index (χ0) is 11.3. The summed E-state index contributed by atoms with van der Waals surface area (Å²) in [7, 11) is 0. The summed E-state index contributed by atoms with van der Waals surface area (Å²) < 4.78 is 5.54. The highest BCUT2D eigenvalue weighted by Crippen LogP contribution is 2.19. The van der Waals surface area contributed by atoms with Crippen LogP contribution in [0.4, 0.5) is 0 Å². The van der Waals surface area contributed by atoms with Gasteiger partial charge in [0.05, 0.1) is 12.2 Å². The van der Waals surface area contributed by atoms with Crippen molar-refractivity contribution in [2.45, 2.75) is 39.2 Å². The topological polar surface area (TPSA) is 32.7 Å². The molecule has 3 heteroatoms. The minimum absolute atomic E-state index is 0.490. The number of rotatable bonds is 5. The maximum absolute atomic E-state index is 9.91. The van der Waals surface area contributed by atoms with Crippen molar-refractivity contribution in [2.24, 2.45) is 5.92 Å². The Morgan fingerprint density at radius 2 is 2.20 bits per heavy atom. The summed E-state index contributed by atoms with van der Waals surface area (Å²) in [5, 5.41) is 9.91. The fourth-order valence-electron chi connectivity index (χ4n) is 2.03. The van der Waals surface area contributed by atoms with E-state index in [4.69, 9.17) is 4.74 Å². The number of aliphatic hydroxyl groups is 1. The number of ether oxygens (including phenoxy) is 1. The van der Waals surface area contributed by atoms with E-state index in [2.05, 4.69) is 18.7 Å². The fraction of sp³-hybridized carbons (Fsp3) is 1.00. The minimum Gasteiger partial charge on any atom is -0.389 e. The lowest BCUT2D eigenvalue weighted by atomic mass is 9.95. The number of nitrogens with zero attached hydrogens (tertiary/aromatic N) is 1. The molecule has 1 unspecified atom stereocenters. The first kappa shape index (κ1) is 12.9. The molecule has 0 aliphatic carbocycles. The van der Waals surface area contributed by atoms with Crippen LogP contribution in [0, 0.1) is 5.92 Å². The van der Waals surface area contributed by atoms with Crippen LogP contribution in [-0.2, 0) is 4.74 Å². The summed E-state index contributed by atoms with van der Waals surface area (Å²) in [6.45, 7) is 10.7. The van der Waals surface area contributed by atoms with Gasteiger partial charge < -0.3 is 9.84 Å². The summed E-state index contributed by atoms with van der Waals surface area (Å²) in [6.07, 6.45) is 2.02. The lowest BCUT2D eigenvalue weighted by molar-refractivity contribution is -0.0247. The first-order chi connectivity index (χ1) is 6.99. The lowest BCUT2D eigenvalue weighted by Crippen LogP contribution is -2.47. The predicted octanol–water partition coefficient (Wildman–Crippen LogP) is 1.51. The zero-order valence-corrected chi connectivity index (χ0v) is 10.3. The van der Waals surface area contributed by atoms with E-state index in [9.17, 15) is 5.11 Å². The molecule has 90 valence electrons. The third kappa shape index (κ3) is 5.50. The van der Waals surface area contributed by atoms with E-state index in [1.54, 1.807) is 0 Å². The summed E-state index contributed by atoms with van der Waals surface area (Å²) in [6, 6.07) is 0. The smallest absolute Gasteiger partial charge is 0.0746 e. The Balaban J connectivity index is 2.11. The largest absolute Gasteiger partial charge is 0.389 e. The monoisotopic (exact) mass is 215 g/mol. The second-order valence-electron chi connectivity index (χ2n) is 5.35. The highest BCUT2D eigenvalue weighted by Gasteiger charge is 2.27. The third-order valence-corrected chi connectivity index (χ3v) is 2.76. The van der Waals surface area contributed by atoms with Gasteiger partial charge in [0.1, 0.15) is 0 Å². The van der Waals surface area contributed by atoms with Crippen molar-refractivity contribution in [1.82, 2.24) is 4.90 Å². The molecular formula is C12H25NO2. The molecule has 1 N–H and O–H groups in total. The maximum atomic E-state index is 9.91. The molecule has 0 aromatic carbocycles. The van der Waals surface area contributed by atoms with Gasteiger partial charge in [-0.25, -0.2) is 0 Å². The highest BCUT2D eigenvalue weighted by molar-refractivity contribution is 4.82. The maximum Gasteiger partial charge on any atom is 0.0746 e. The fourth-order valence-corrected chi connectivity index (χ4v) is 2.03. The van der Waals surface area contributed by atoms with Gasteiger partial charge in [0.2, 0.25) is 0 Å². The molecule has 15 heavy (non-hydrogen) atoms. The van der Waals surface area contributed by atoms with Gasteiger partial charge in [-0.1, -0.05) is 13.8 Å². The van der Waals surface area contributed by atoms with Crippen LogP contribution in [0.5, 0.6) is 0 Å².